The van der Waals surface area contributed by atoms with Crippen molar-refractivity contribution in [3.05, 3.63) is 65.7 Å². The van der Waals surface area contributed by atoms with Gasteiger partial charge in [0.15, 0.2) is 0 Å². The molecule has 3 rings (SSSR count). The second-order valence-electron chi connectivity index (χ2n) is 7.60. The fourth-order valence-corrected chi connectivity index (χ4v) is 3.92. The number of ether oxygens (including phenoxy) is 1. The first kappa shape index (κ1) is 19.4. The van der Waals surface area contributed by atoms with Crippen LogP contribution in [-0.4, -0.2) is 31.0 Å². The lowest BCUT2D eigenvalue weighted by Crippen LogP contribution is -2.40. The maximum absolute atomic E-state index is 12.8. The van der Waals surface area contributed by atoms with Crippen molar-refractivity contribution in [3.8, 4) is 5.75 Å². The summed E-state index contributed by atoms with van der Waals surface area (Å²) in [7, 11) is 1.68. The summed E-state index contributed by atoms with van der Waals surface area (Å²) in [6, 6.07) is 18.8. The molecule has 0 bridgehead atoms. The first-order valence-electron chi connectivity index (χ1n) is 9.81. The predicted octanol–water partition coefficient (Wildman–Crippen LogP) is 4.35. The fourth-order valence-electron chi connectivity index (χ4n) is 3.92. The molecule has 0 saturated carbocycles. The maximum Gasteiger partial charge on any atom is 0.234 e. The standard InChI is InChI=1S/C23H30N2O2/c1-17(2)23(19-8-5-4-6-9-19)24-22(26)16-25-15-7-10-21(25)18-11-13-20(27-3)14-12-18/h4-6,8-9,11-14,17,21,23H,7,10,15-16H2,1-3H3,(H,24,26)/t21-,23-/m0/s1. The van der Waals surface area contributed by atoms with Gasteiger partial charge in [0.2, 0.25) is 5.91 Å². The van der Waals surface area contributed by atoms with Gasteiger partial charge >= 0.3 is 0 Å². The minimum Gasteiger partial charge on any atom is -0.497 e. The minimum absolute atomic E-state index is 0.0424. The van der Waals surface area contributed by atoms with Crippen LogP contribution in [0, 0.1) is 5.92 Å². The minimum atomic E-state index is 0.0424. The molecule has 2 atom stereocenters. The van der Waals surface area contributed by atoms with Gasteiger partial charge in [0.25, 0.3) is 0 Å². The lowest BCUT2D eigenvalue weighted by molar-refractivity contribution is -0.123. The Morgan fingerprint density at radius 3 is 2.48 bits per heavy atom. The van der Waals surface area contributed by atoms with Crippen LogP contribution < -0.4 is 10.1 Å². The number of nitrogens with zero attached hydrogens (tertiary/aromatic N) is 1. The highest BCUT2D eigenvalue weighted by atomic mass is 16.5. The molecule has 0 unspecified atom stereocenters. The van der Waals surface area contributed by atoms with Crippen LogP contribution in [0.4, 0.5) is 0 Å². The van der Waals surface area contributed by atoms with Crippen molar-refractivity contribution in [1.29, 1.82) is 0 Å². The van der Waals surface area contributed by atoms with Gasteiger partial charge < -0.3 is 10.1 Å². The molecule has 1 heterocycles. The summed E-state index contributed by atoms with van der Waals surface area (Å²) in [5, 5.41) is 3.25. The number of amides is 1. The van der Waals surface area contributed by atoms with E-state index >= 15 is 0 Å². The SMILES string of the molecule is COc1ccc([C@@H]2CCCN2CC(=O)N[C@H](c2ccccc2)C(C)C)cc1. The van der Waals surface area contributed by atoms with Crippen LogP contribution in [0.2, 0.25) is 0 Å². The molecule has 4 nitrogen and oxygen atoms in total. The highest BCUT2D eigenvalue weighted by Crippen LogP contribution is 2.32. The highest BCUT2D eigenvalue weighted by Gasteiger charge is 2.28. The van der Waals surface area contributed by atoms with Gasteiger partial charge in [-0.15, -0.1) is 0 Å². The van der Waals surface area contributed by atoms with Crippen LogP contribution in [0.15, 0.2) is 54.6 Å². The molecule has 1 fully saturated rings. The Morgan fingerprint density at radius 2 is 1.85 bits per heavy atom. The number of hydrogen-bond donors (Lipinski definition) is 1. The Labute approximate surface area is 162 Å². The Kier molecular flexibility index (Phi) is 6.51. The van der Waals surface area contributed by atoms with Gasteiger partial charge in [0.05, 0.1) is 19.7 Å². The molecule has 144 valence electrons. The van der Waals surface area contributed by atoms with Gasteiger partial charge in [0, 0.05) is 6.04 Å². The lowest BCUT2D eigenvalue weighted by atomic mass is 9.96. The highest BCUT2D eigenvalue weighted by molar-refractivity contribution is 5.78. The third-order valence-electron chi connectivity index (χ3n) is 5.35. The van der Waals surface area contributed by atoms with Crippen molar-refractivity contribution >= 4 is 5.91 Å². The number of carbonyl (C=O) groups is 1. The van der Waals surface area contributed by atoms with E-state index in [9.17, 15) is 4.79 Å². The molecule has 2 aromatic rings. The van der Waals surface area contributed by atoms with Crippen molar-refractivity contribution in [1.82, 2.24) is 10.2 Å². The van der Waals surface area contributed by atoms with Crippen molar-refractivity contribution in [2.75, 3.05) is 20.2 Å². The molecule has 1 aliphatic rings. The molecule has 0 spiro atoms. The fraction of sp³-hybridized carbons (Fsp3) is 0.435. The van der Waals surface area contributed by atoms with E-state index in [-0.39, 0.29) is 11.9 Å². The topological polar surface area (TPSA) is 41.6 Å². The van der Waals surface area contributed by atoms with Gasteiger partial charge in [-0.25, -0.2) is 0 Å². The zero-order valence-electron chi connectivity index (χ0n) is 16.5. The van der Waals surface area contributed by atoms with Crippen LogP contribution in [0.5, 0.6) is 5.75 Å². The second-order valence-corrected chi connectivity index (χ2v) is 7.60. The van der Waals surface area contributed by atoms with E-state index in [1.807, 2.05) is 30.3 Å². The van der Waals surface area contributed by atoms with E-state index in [0.717, 1.165) is 30.7 Å². The number of carbonyl (C=O) groups excluding carboxylic acids is 1. The normalized spacial score (nSPS) is 18.4. The third kappa shape index (κ3) is 4.89. The smallest absolute Gasteiger partial charge is 0.234 e. The van der Waals surface area contributed by atoms with Crippen LogP contribution >= 0.6 is 0 Å². The number of methoxy groups -OCH3 is 1. The summed E-state index contributed by atoms with van der Waals surface area (Å²) in [5.41, 5.74) is 2.42. The molecule has 2 aromatic carbocycles. The first-order valence-corrected chi connectivity index (χ1v) is 9.81. The van der Waals surface area contributed by atoms with E-state index in [2.05, 4.69) is 48.3 Å². The average Bonchev–Trinajstić information content (AvgIpc) is 3.14. The number of rotatable bonds is 7. The van der Waals surface area contributed by atoms with Crippen LogP contribution in [-0.2, 0) is 4.79 Å². The van der Waals surface area contributed by atoms with Gasteiger partial charge in [-0.1, -0.05) is 56.3 Å². The number of likely N-dealkylation sites (tertiary alicyclic amines) is 1. The summed E-state index contributed by atoms with van der Waals surface area (Å²) in [6.07, 6.45) is 2.21. The summed E-state index contributed by atoms with van der Waals surface area (Å²) >= 11 is 0. The van der Waals surface area contributed by atoms with Crippen LogP contribution in [0.3, 0.4) is 0 Å². The van der Waals surface area contributed by atoms with Crippen molar-refractivity contribution in [2.24, 2.45) is 5.92 Å². The summed E-state index contributed by atoms with van der Waals surface area (Å²) in [5.74, 6) is 1.30. The molecule has 0 aliphatic carbocycles. The van der Waals surface area contributed by atoms with Gasteiger partial charge in [-0.2, -0.15) is 0 Å². The van der Waals surface area contributed by atoms with E-state index < -0.39 is 0 Å². The van der Waals surface area contributed by atoms with Gasteiger partial charge in [-0.05, 0) is 48.6 Å². The average molecular weight is 367 g/mol. The van der Waals surface area contributed by atoms with E-state index in [1.54, 1.807) is 7.11 Å². The van der Waals surface area contributed by atoms with Crippen molar-refractivity contribution < 1.29 is 9.53 Å². The van der Waals surface area contributed by atoms with Crippen molar-refractivity contribution in [3.63, 3.8) is 0 Å². The van der Waals surface area contributed by atoms with Crippen LogP contribution in [0.25, 0.3) is 0 Å². The molecule has 4 heteroatoms. The quantitative estimate of drug-likeness (QED) is 0.792. The molecule has 1 N–H and O–H groups in total. The Balaban J connectivity index is 1.65. The predicted molar refractivity (Wildman–Crippen MR) is 109 cm³/mol. The third-order valence-corrected chi connectivity index (χ3v) is 5.35. The summed E-state index contributed by atoms with van der Waals surface area (Å²) < 4.78 is 5.25. The summed E-state index contributed by atoms with van der Waals surface area (Å²) in [4.78, 5) is 15.1. The van der Waals surface area contributed by atoms with Crippen molar-refractivity contribution in [2.45, 2.75) is 38.8 Å². The van der Waals surface area contributed by atoms with Crippen LogP contribution in [0.1, 0.15) is 49.9 Å². The lowest BCUT2D eigenvalue weighted by Gasteiger charge is -2.27. The van der Waals surface area contributed by atoms with E-state index in [0.29, 0.717) is 18.5 Å². The number of benzene rings is 2. The van der Waals surface area contributed by atoms with Gasteiger partial charge in [0.1, 0.15) is 5.75 Å². The number of hydrogen-bond acceptors (Lipinski definition) is 3. The maximum atomic E-state index is 12.8. The zero-order chi connectivity index (χ0) is 19.2. The monoisotopic (exact) mass is 366 g/mol. The Bertz CT molecular complexity index is 728. The van der Waals surface area contributed by atoms with E-state index in [1.165, 1.54) is 5.56 Å². The molecule has 1 amide bonds. The molecule has 1 saturated heterocycles. The zero-order valence-corrected chi connectivity index (χ0v) is 16.5. The first-order chi connectivity index (χ1) is 13.1. The molecule has 0 radical (unpaired) electrons. The number of nitrogens with one attached hydrogen (secondary N) is 1. The summed E-state index contributed by atoms with van der Waals surface area (Å²) in [6.45, 7) is 5.69. The molecule has 27 heavy (non-hydrogen) atoms. The molecule has 1 aliphatic heterocycles. The Morgan fingerprint density at radius 1 is 1.15 bits per heavy atom. The van der Waals surface area contributed by atoms with E-state index in [4.69, 9.17) is 4.74 Å². The molecular formula is C23H30N2O2. The molecule has 0 aromatic heterocycles. The largest absolute Gasteiger partial charge is 0.497 e. The second kappa shape index (κ2) is 9.05. The Hall–Kier alpha value is -2.33. The molecular weight excluding hydrogens is 336 g/mol. The van der Waals surface area contributed by atoms with Gasteiger partial charge in [-0.3, -0.25) is 9.69 Å².